The van der Waals surface area contributed by atoms with Crippen molar-refractivity contribution in [2.75, 3.05) is 11.9 Å². The Bertz CT molecular complexity index is 878. The Balaban J connectivity index is 2.11. The van der Waals surface area contributed by atoms with Crippen LogP contribution in [0, 0.1) is 12.8 Å². The molecule has 0 heterocycles. The number of anilines is 1. The van der Waals surface area contributed by atoms with Crippen LogP contribution in [0.1, 0.15) is 36.2 Å². The second-order valence-electron chi connectivity index (χ2n) is 6.52. The van der Waals surface area contributed by atoms with Gasteiger partial charge < -0.3 is 5.32 Å². The molecule has 0 saturated carbocycles. The van der Waals surface area contributed by atoms with E-state index in [2.05, 4.69) is 10.0 Å². The minimum absolute atomic E-state index is 0.184. The molecule has 26 heavy (non-hydrogen) atoms. The Labute approximate surface area is 159 Å². The molecule has 0 bridgehead atoms. The molecule has 0 atom stereocenters. The van der Waals surface area contributed by atoms with Crippen molar-refractivity contribution in [3.8, 4) is 0 Å². The third-order valence-corrected chi connectivity index (χ3v) is 5.59. The smallest absolute Gasteiger partial charge is 0.255 e. The molecule has 2 aromatic carbocycles. The topological polar surface area (TPSA) is 75.3 Å². The number of hydrogen-bond acceptors (Lipinski definition) is 3. The second-order valence-corrected chi connectivity index (χ2v) is 8.72. The summed E-state index contributed by atoms with van der Waals surface area (Å²) in [4.78, 5) is 12.5. The fraction of sp³-hybridized carbons (Fsp3) is 0.316. The van der Waals surface area contributed by atoms with Crippen LogP contribution in [0.15, 0.2) is 47.4 Å². The quantitative estimate of drug-likeness (QED) is 0.738. The predicted octanol–water partition coefficient (Wildman–Crippen LogP) is 4.23. The summed E-state index contributed by atoms with van der Waals surface area (Å²) >= 11 is 5.82. The Morgan fingerprint density at radius 3 is 2.35 bits per heavy atom. The first kappa shape index (κ1) is 20.4. The van der Waals surface area contributed by atoms with Crippen molar-refractivity contribution in [2.24, 2.45) is 5.92 Å². The van der Waals surface area contributed by atoms with E-state index in [-0.39, 0.29) is 10.8 Å². The van der Waals surface area contributed by atoms with Gasteiger partial charge >= 0.3 is 0 Å². The molecule has 0 radical (unpaired) electrons. The molecule has 0 aliphatic carbocycles. The number of hydrogen-bond donors (Lipinski definition) is 2. The number of sulfonamides is 1. The molecular weight excluding hydrogens is 372 g/mol. The summed E-state index contributed by atoms with van der Waals surface area (Å²) in [6.45, 7) is 6.23. The number of carbonyl (C=O) groups excluding carboxylic acids is 1. The SMILES string of the molecule is Cc1cc(S(=O)(=O)NCCC(C)C)ccc1NC(=O)c1ccc(Cl)cc1. The number of halogens is 1. The van der Waals surface area contributed by atoms with Gasteiger partial charge in [0.25, 0.3) is 5.91 Å². The lowest BCUT2D eigenvalue weighted by atomic mass is 10.1. The lowest BCUT2D eigenvalue weighted by molar-refractivity contribution is 0.102. The Hall–Kier alpha value is -1.89. The van der Waals surface area contributed by atoms with Crippen LogP contribution < -0.4 is 10.0 Å². The molecule has 0 spiro atoms. The lowest BCUT2D eigenvalue weighted by Crippen LogP contribution is -2.25. The minimum Gasteiger partial charge on any atom is -0.322 e. The first-order valence-corrected chi connectivity index (χ1v) is 10.2. The summed E-state index contributed by atoms with van der Waals surface area (Å²) in [7, 11) is -3.56. The van der Waals surface area contributed by atoms with Crippen molar-refractivity contribution in [2.45, 2.75) is 32.1 Å². The average Bonchev–Trinajstić information content (AvgIpc) is 2.56. The molecule has 0 fully saturated rings. The zero-order chi connectivity index (χ0) is 19.3. The van der Waals surface area contributed by atoms with Crippen LogP contribution in [0.5, 0.6) is 0 Å². The fourth-order valence-corrected chi connectivity index (χ4v) is 3.56. The molecule has 5 nitrogen and oxygen atoms in total. The number of amides is 1. The summed E-state index contributed by atoms with van der Waals surface area (Å²) in [6, 6.07) is 11.2. The third kappa shape index (κ3) is 5.56. The molecule has 0 aromatic heterocycles. The monoisotopic (exact) mass is 394 g/mol. The van der Waals surface area contributed by atoms with E-state index in [9.17, 15) is 13.2 Å². The second kappa shape index (κ2) is 8.66. The van der Waals surface area contributed by atoms with Gasteiger partial charge in [0.1, 0.15) is 0 Å². The van der Waals surface area contributed by atoms with Gasteiger partial charge in [0.05, 0.1) is 4.90 Å². The fourth-order valence-electron chi connectivity index (χ4n) is 2.30. The lowest BCUT2D eigenvalue weighted by Gasteiger charge is -2.12. The molecule has 0 aliphatic heterocycles. The van der Waals surface area contributed by atoms with Crippen molar-refractivity contribution in [1.82, 2.24) is 4.72 Å². The molecule has 0 aliphatic rings. The Kier molecular flexibility index (Phi) is 6.81. The van der Waals surface area contributed by atoms with Crippen LogP contribution in [-0.2, 0) is 10.0 Å². The van der Waals surface area contributed by atoms with E-state index >= 15 is 0 Å². The van der Waals surface area contributed by atoms with Gasteiger partial charge in [0.15, 0.2) is 0 Å². The number of nitrogens with one attached hydrogen (secondary N) is 2. The molecule has 0 saturated heterocycles. The van der Waals surface area contributed by atoms with Gasteiger partial charge in [0.2, 0.25) is 10.0 Å². The normalized spacial score (nSPS) is 11.6. The van der Waals surface area contributed by atoms with Gasteiger partial charge in [-0.2, -0.15) is 0 Å². The molecule has 0 unspecified atom stereocenters. The van der Waals surface area contributed by atoms with E-state index in [1.54, 1.807) is 43.3 Å². The first-order chi connectivity index (χ1) is 12.2. The van der Waals surface area contributed by atoms with E-state index in [1.165, 1.54) is 6.07 Å². The van der Waals surface area contributed by atoms with Gasteiger partial charge in [-0.15, -0.1) is 0 Å². The first-order valence-electron chi connectivity index (χ1n) is 8.36. The molecule has 2 N–H and O–H groups in total. The van der Waals surface area contributed by atoms with Crippen molar-refractivity contribution < 1.29 is 13.2 Å². The highest BCUT2D eigenvalue weighted by Crippen LogP contribution is 2.21. The number of aryl methyl sites for hydroxylation is 1. The zero-order valence-corrected chi connectivity index (χ0v) is 16.6. The average molecular weight is 395 g/mol. The van der Waals surface area contributed by atoms with Crippen molar-refractivity contribution in [3.63, 3.8) is 0 Å². The van der Waals surface area contributed by atoms with Crippen LogP contribution in [-0.4, -0.2) is 20.9 Å². The van der Waals surface area contributed by atoms with Gasteiger partial charge in [-0.25, -0.2) is 13.1 Å². The van der Waals surface area contributed by atoms with E-state index in [0.717, 1.165) is 6.42 Å². The van der Waals surface area contributed by atoms with Gasteiger partial charge in [-0.3, -0.25) is 4.79 Å². The Morgan fingerprint density at radius 2 is 1.77 bits per heavy atom. The summed E-state index contributed by atoms with van der Waals surface area (Å²) in [5.41, 5.74) is 1.70. The van der Waals surface area contributed by atoms with Crippen molar-refractivity contribution >= 4 is 33.2 Å². The van der Waals surface area contributed by atoms with Crippen molar-refractivity contribution in [1.29, 1.82) is 0 Å². The molecule has 140 valence electrons. The number of benzene rings is 2. The molecule has 1 amide bonds. The summed E-state index contributed by atoms with van der Waals surface area (Å²) < 4.78 is 27.3. The molecule has 2 rings (SSSR count). The Morgan fingerprint density at radius 1 is 1.12 bits per heavy atom. The molecule has 2 aromatic rings. The highest BCUT2D eigenvalue weighted by atomic mass is 35.5. The highest BCUT2D eigenvalue weighted by Gasteiger charge is 2.16. The summed E-state index contributed by atoms with van der Waals surface area (Å²) in [6.07, 6.45) is 0.771. The minimum atomic E-state index is -3.56. The predicted molar refractivity (Wildman–Crippen MR) is 105 cm³/mol. The maximum atomic E-state index is 12.3. The number of rotatable bonds is 7. The standard InChI is InChI=1S/C19H23ClN2O3S/c1-13(2)10-11-21-26(24,25)17-8-9-18(14(3)12-17)22-19(23)15-4-6-16(20)7-5-15/h4-9,12-13,21H,10-11H2,1-3H3,(H,22,23). The van der Waals surface area contributed by atoms with Crippen LogP contribution in [0.2, 0.25) is 5.02 Å². The highest BCUT2D eigenvalue weighted by molar-refractivity contribution is 7.89. The van der Waals surface area contributed by atoms with Crippen LogP contribution in [0.3, 0.4) is 0 Å². The number of carbonyl (C=O) groups is 1. The van der Waals surface area contributed by atoms with Crippen molar-refractivity contribution in [3.05, 3.63) is 58.6 Å². The zero-order valence-electron chi connectivity index (χ0n) is 15.0. The summed E-state index contributed by atoms with van der Waals surface area (Å²) in [5, 5.41) is 3.34. The molecular formula is C19H23ClN2O3S. The van der Waals surface area contributed by atoms with E-state index in [1.807, 2.05) is 13.8 Å². The third-order valence-electron chi connectivity index (χ3n) is 3.88. The van der Waals surface area contributed by atoms with Crippen LogP contribution >= 0.6 is 11.6 Å². The maximum Gasteiger partial charge on any atom is 0.255 e. The van der Waals surface area contributed by atoms with Crippen LogP contribution in [0.25, 0.3) is 0 Å². The van der Waals surface area contributed by atoms with E-state index in [4.69, 9.17) is 11.6 Å². The molecule has 7 heteroatoms. The van der Waals surface area contributed by atoms with Gasteiger partial charge in [0, 0.05) is 22.8 Å². The van der Waals surface area contributed by atoms with Crippen LogP contribution in [0.4, 0.5) is 5.69 Å². The van der Waals surface area contributed by atoms with Gasteiger partial charge in [-0.05, 0) is 67.3 Å². The van der Waals surface area contributed by atoms with E-state index in [0.29, 0.717) is 34.3 Å². The summed E-state index contributed by atoms with van der Waals surface area (Å²) in [5.74, 6) is 0.139. The maximum absolute atomic E-state index is 12.3. The van der Waals surface area contributed by atoms with E-state index < -0.39 is 10.0 Å². The largest absolute Gasteiger partial charge is 0.322 e. The van der Waals surface area contributed by atoms with Gasteiger partial charge in [-0.1, -0.05) is 25.4 Å².